The van der Waals surface area contributed by atoms with Crippen molar-refractivity contribution in [2.24, 2.45) is 0 Å². The largest absolute Gasteiger partial charge is 0.495 e. The number of fused-ring (bicyclic) bond motifs is 1. The zero-order valence-corrected chi connectivity index (χ0v) is 16.6. The number of benzene rings is 2. The number of hydrogen-bond acceptors (Lipinski definition) is 4. The molecule has 2 aromatic carbocycles. The molecule has 136 valence electrons. The summed E-state index contributed by atoms with van der Waals surface area (Å²) < 4.78 is 5.20. The maximum absolute atomic E-state index is 12.8. The van der Waals surface area contributed by atoms with Gasteiger partial charge >= 0.3 is 0 Å². The molecule has 1 aliphatic rings. The molecule has 2 aromatic rings. The van der Waals surface area contributed by atoms with E-state index in [0.717, 1.165) is 10.5 Å². The van der Waals surface area contributed by atoms with Gasteiger partial charge in [-0.2, -0.15) is 0 Å². The van der Waals surface area contributed by atoms with Crippen molar-refractivity contribution in [3.8, 4) is 5.75 Å². The fraction of sp³-hybridized carbons (Fsp3) is 0.176. The molecular weight excluding hydrogens is 422 g/mol. The normalized spacial score (nSPS) is 13.4. The number of carbonyl (C=O) groups is 2. The summed E-state index contributed by atoms with van der Waals surface area (Å²) in [5.74, 6) is -0.735. The number of carbonyl (C=O) groups excluding carboxylic acids is 2. The van der Waals surface area contributed by atoms with Crippen LogP contribution in [-0.2, 0) is 6.54 Å². The molecule has 0 aliphatic carbocycles. The van der Waals surface area contributed by atoms with E-state index < -0.39 is 11.8 Å². The van der Waals surface area contributed by atoms with E-state index in [2.05, 4.69) is 0 Å². The first kappa shape index (κ1) is 19.1. The molecule has 0 atom stereocenters. The second kappa shape index (κ2) is 6.82. The van der Waals surface area contributed by atoms with E-state index in [1.807, 2.05) is 6.92 Å². The molecule has 2 amide bonds. The van der Waals surface area contributed by atoms with Crippen molar-refractivity contribution in [2.75, 3.05) is 12.8 Å². The molecule has 0 saturated heterocycles. The Morgan fingerprint density at radius 3 is 1.92 bits per heavy atom. The van der Waals surface area contributed by atoms with E-state index >= 15 is 0 Å². The average Bonchev–Trinajstić information content (AvgIpc) is 2.84. The van der Waals surface area contributed by atoms with Gasteiger partial charge in [0.1, 0.15) is 5.75 Å². The third-order valence-corrected chi connectivity index (χ3v) is 6.00. The van der Waals surface area contributed by atoms with Gasteiger partial charge in [0.25, 0.3) is 11.8 Å². The van der Waals surface area contributed by atoms with Crippen LogP contribution in [0.3, 0.4) is 0 Å². The maximum Gasteiger partial charge on any atom is 0.263 e. The van der Waals surface area contributed by atoms with Gasteiger partial charge in [0.15, 0.2) is 0 Å². The monoisotopic (exact) mass is 432 g/mol. The molecule has 1 heterocycles. The highest BCUT2D eigenvalue weighted by Crippen LogP contribution is 2.45. The Balaban J connectivity index is 2.07. The molecule has 0 bridgehead atoms. The predicted molar refractivity (Wildman–Crippen MR) is 103 cm³/mol. The second-order valence-electron chi connectivity index (χ2n) is 5.72. The number of imide groups is 1. The Hall–Kier alpha value is -1.66. The van der Waals surface area contributed by atoms with Crippen molar-refractivity contribution >= 4 is 63.9 Å². The van der Waals surface area contributed by atoms with Crippen LogP contribution in [0, 0.1) is 6.92 Å². The number of ether oxygens (including phenoxy) is 1. The van der Waals surface area contributed by atoms with Crippen LogP contribution in [0.15, 0.2) is 12.1 Å². The van der Waals surface area contributed by atoms with Crippen LogP contribution < -0.4 is 10.5 Å². The molecule has 2 N–H and O–H groups in total. The van der Waals surface area contributed by atoms with E-state index in [-0.39, 0.29) is 37.8 Å². The number of rotatable bonds is 3. The quantitative estimate of drug-likeness (QED) is 0.320. The van der Waals surface area contributed by atoms with Gasteiger partial charge < -0.3 is 10.5 Å². The van der Waals surface area contributed by atoms with Gasteiger partial charge in [-0.05, 0) is 30.2 Å². The van der Waals surface area contributed by atoms with Gasteiger partial charge in [-0.25, -0.2) is 0 Å². The Bertz CT molecular complexity index is 928. The first-order valence-corrected chi connectivity index (χ1v) is 8.85. The Kier molecular flexibility index (Phi) is 5.01. The highest BCUT2D eigenvalue weighted by molar-refractivity contribution is 6.55. The van der Waals surface area contributed by atoms with Gasteiger partial charge in [-0.3, -0.25) is 14.5 Å². The first-order chi connectivity index (χ1) is 12.2. The lowest BCUT2D eigenvalue weighted by Crippen LogP contribution is -2.29. The van der Waals surface area contributed by atoms with Crippen LogP contribution in [0.25, 0.3) is 0 Å². The van der Waals surface area contributed by atoms with Crippen LogP contribution in [0.1, 0.15) is 31.8 Å². The van der Waals surface area contributed by atoms with Crippen LogP contribution in [-0.4, -0.2) is 23.8 Å². The third-order valence-electron chi connectivity index (χ3n) is 4.20. The summed E-state index contributed by atoms with van der Waals surface area (Å²) in [6.45, 7) is 1.81. The molecule has 3 rings (SSSR count). The lowest BCUT2D eigenvalue weighted by atomic mass is 10.1. The van der Waals surface area contributed by atoms with Crippen molar-refractivity contribution in [1.29, 1.82) is 0 Å². The number of nitrogens with two attached hydrogens (primary N) is 1. The topological polar surface area (TPSA) is 72.6 Å². The highest BCUT2D eigenvalue weighted by Gasteiger charge is 2.41. The summed E-state index contributed by atoms with van der Waals surface area (Å²) in [5.41, 5.74) is 7.73. The lowest BCUT2D eigenvalue weighted by Gasteiger charge is -2.17. The SMILES string of the molecule is COc1cc(CN2C(=O)c3c(Cl)c(Cl)c(Cl)c(Cl)c3C2=O)c(C)cc1N. The predicted octanol–water partition coefficient (Wildman–Crippen LogP) is 5.00. The average molecular weight is 434 g/mol. The molecule has 0 saturated carbocycles. The number of anilines is 1. The zero-order valence-electron chi connectivity index (χ0n) is 13.6. The summed E-state index contributed by atoms with van der Waals surface area (Å²) in [6, 6.07) is 3.39. The second-order valence-corrected chi connectivity index (χ2v) is 7.23. The molecule has 1 aliphatic heterocycles. The van der Waals surface area contributed by atoms with Crippen molar-refractivity contribution in [3.63, 3.8) is 0 Å². The van der Waals surface area contributed by atoms with Crippen molar-refractivity contribution < 1.29 is 14.3 Å². The molecule has 0 spiro atoms. The van der Waals surface area contributed by atoms with E-state index in [4.69, 9.17) is 56.9 Å². The van der Waals surface area contributed by atoms with Crippen LogP contribution in [0.2, 0.25) is 20.1 Å². The summed E-state index contributed by atoms with van der Waals surface area (Å²) in [6.07, 6.45) is 0. The fourth-order valence-electron chi connectivity index (χ4n) is 2.81. The summed E-state index contributed by atoms with van der Waals surface area (Å²) in [5, 5.41) is -0.317. The molecular formula is C17H12Cl4N2O3. The minimum Gasteiger partial charge on any atom is -0.495 e. The first-order valence-electron chi connectivity index (χ1n) is 7.34. The van der Waals surface area contributed by atoms with E-state index in [9.17, 15) is 9.59 Å². The summed E-state index contributed by atoms with van der Waals surface area (Å²) >= 11 is 24.3. The third kappa shape index (κ3) is 2.79. The minimum atomic E-state index is -0.592. The van der Waals surface area contributed by atoms with E-state index in [0.29, 0.717) is 17.0 Å². The number of aryl methyl sites for hydroxylation is 1. The van der Waals surface area contributed by atoms with Gasteiger partial charge in [0.2, 0.25) is 0 Å². The van der Waals surface area contributed by atoms with Gasteiger partial charge in [-0.15, -0.1) is 0 Å². The van der Waals surface area contributed by atoms with Crippen LogP contribution in [0.4, 0.5) is 5.69 Å². The maximum atomic E-state index is 12.8. The number of amides is 2. The van der Waals surface area contributed by atoms with Gasteiger partial charge in [0.05, 0.1) is 50.6 Å². The Labute approximate surface area is 169 Å². The smallest absolute Gasteiger partial charge is 0.263 e. The molecule has 26 heavy (non-hydrogen) atoms. The molecule has 5 nitrogen and oxygen atoms in total. The molecule has 0 aromatic heterocycles. The number of methoxy groups -OCH3 is 1. The number of nitrogen functional groups attached to an aromatic ring is 1. The van der Waals surface area contributed by atoms with Gasteiger partial charge in [-0.1, -0.05) is 46.4 Å². The number of hydrogen-bond donors (Lipinski definition) is 1. The Morgan fingerprint density at radius 1 is 0.962 bits per heavy atom. The van der Waals surface area contributed by atoms with E-state index in [1.54, 1.807) is 12.1 Å². The standard InChI is InChI=1S/C17H12Cl4N2O3/c1-6-3-8(22)9(26-2)4-7(6)5-23-16(24)10-11(17(23)25)13(19)15(21)14(20)12(10)18/h3-4H,5,22H2,1-2H3. The van der Waals surface area contributed by atoms with Gasteiger partial charge in [0, 0.05) is 0 Å². The highest BCUT2D eigenvalue weighted by atomic mass is 35.5. The fourth-order valence-corrected chi connectivity index (χ4v) is 3.82. The summed E-state index contributed by atoms with van der Waals surface area (Å²) in [4.78, 5) is 26.6. The van der Waals surface area contributed by atoms with Crippen LogP contribution in [0.5, 0.6) is 5.75 Å². The number of nitrogens with zero attached hydrogens (tertiary/aromatic N) is 1. The van der Waals surface area contributed by atoms with Crippen molar-refractivity contribution in [2.45, 2.75) is 13.5 Å². The molecule has 0 fully saturated rings. The molecule has 9 heteroatoms. The minimum absolute atomic E-state index is 0.00326. The summed E-state index contributed by atoms with van der Waals surface area (Å²) in [7, 11) is 1.48. The van der Waals surface area contributed by atoms with Crippen molar-refractivity contribution in [3.05, 3.63) is 54.5 Å². The lowest BCUT2D eigenvalue weighted by molar-refractivity contribution is 0.0642. The Morgan fingerprint density at radius 2 is 1.46 bits per heavy atom. The van der Waals surface area contributed by atoms with Crippen LogP contribution >= 0.6 is 46.4 Å². The van der Waals surface area contributed by atoms with Crippen molar-refractivity contribution in [1.82, 2.24) is 4.90 Å². The zero-order chi connectivity index (χ0) is 19.3. The molecule has 0 radical (unpaired) electrons. The number of halogens is 4. The molecule has 0 unspecified atom stereocenters. The van der Waals surface area contributed by atoms with E-state index in [1.165, 1.54) is 7.11 Å².